The first-order valence-electron chi connectivity index (χ1n) is 5.12. The molecule has 16 heavy (non-hydrogen) atoms. The second-order valence-corrected chi connectivity index (χ2v) is 4.67. The number of rotatable bonds is 4. The molecule has 2 rings (SSSR count). The summed E-state index contributed by atoms with van der Waals surface area (Å²) in [4.78, 5) is 12.9. The minimum absolute atomic E-state index is 0.108. The van der Waals surface area contributed by atoms with Crippen molar-refractivity contribution in [1.29, 1.82) is 0 Å². The van der Waals surface area contributed by atoms with E-state index in [4.69, 9.17) is 4.42 Å². The maximum atomic E-state index is 11.6. The highest BCUT2D eigenvalue weighted by atomic mass is 32.1. The Kier molecular flexibility index (Phi) is 3.41. The zero-order chi connectivity index (χ0) is 11.4. The molecule has 1 unspecified atom stereocenters. The lowest BCUT2D eigenvalue weighted by Gasteiger charge is -2.11. The normalized spacial score (nSPS) is 12.3. The first-order valence-corrected chi connectivity index (χ1v) is 6.00. The lowest BCUT2D eigenvalue weighted by molar-refractivity contribution is 0.0912. The summed E-state index contributed by atoms with van der Waals surface area (Å²) in [6.07, 6.45) is 2.35. The Labute approximate surface area is 98.1 Å². The molecule has 0 saturated heterocycles. The Bertz CT molecular complexity index is 434. The van der Waals surface area contributed by atoms with Gasteiger partial charge in [0, 0.05) is 17.3 Å². The van der Waals surface area contributed by atoms with E-state index in [1.165, 1.54) is 11.1 Å². The van der Waals surface area contributed by atoms with Gasteiger partial charge in [-0.15, -0.1) is 11.3 Å². The van der Waals surface area contributed by atoms with Gasteiger partial charge in [-0.25, -0.2) is 0 Å². The van der Waals surface area contributed by atoms with Crippen molar-refractivity contribution in [3.8, 4) is 0 Å². The lowest BCUT2D eigenvalue weighted by Crippen LogP contribution is -2.33. The van der Waals surface area contributed by atoms with Crippen molar-refractivity contribution in [3.05, 3.63) is 46.5 Å². The van der Waals surface area contributed by atoms with Crippen LogP contribution in [0.1, 0.15) is 22.4 Å². The molecule has 2 aromatic rings. The fourth-order valence-electron chi connectivity index (χ4n) is 1.48. The molecule has 2 heterocycles. The number of furan rings is 1. The molecule has 2 aromatic heterocycles. The highest BCUT2D eigenvalue weighted by Crippen LogP contribution is 2.11. The van der Waals surface area contributed by atoms with Crippen LogP contribution in [0.4, 0.5) is 0 Å². The second kappa shape index (κ2) is 4.99. The van der Waals surface area contributed by atoms with Crippen LogP contribution in [0.25, 0.3) is 0 Å². The van der Waals surface area contributed by atoms with Gasteiger partial charge in [-0.05, 0) is 30.5 Å². The van der Waals surface area contributed by atoms with Crippen molar-refractivity contribution in [3.63, 3.8) is 0 Å². The van der Waals surface area contributed by atoms with Crippen molar-refractivity contribution in [1.82, 2.24) is 5.32 Å². The highest BCUT2D eigenvalue weighted by Gasteiger charge is 2.12. The Morgan fingerprint density at radius 2 is 2.38 bits per heavy atom. The summed E-state index contributed by atoms with van der Waals surface area (Å²) in [5.74, 6) is 0.201. The van der Waals surface area contributed by atoms with E-state index in [0.717, 1.165) is 6.42 Å². The first-order chi connectivity index (χ1) is 7.75. The minimum Gasteiger partial charge on any atom is -0.459 e. The van der Waals surface area contributed by atoms with Gasteiger partial charge in [-0.1, -0.05) is 6.07 Å². The molecule has 3 nitrogen and oxygen atoms in total. The Morgan fingerprint density at radius 1 is 1.50 bits per heavy atom. The van der Waals surface area contributed by atoms with E-state index in [0.29, 0.717) is 5.76 Å². The van der Waals surface area contributed by atoms with E-state index in [9.17, 15) is 4.79 Å². The number of hydrogen-bond donors (Lipinski definition) is 1. The van der Waals surface area contributed by atoms with Crippen LogP contribution in [0, 0.1) is 0 Å². The molecule has 0 aliphatic carbocycles. The van der Waals surface area contributed by atoms with Gasteiger partial charge in [0.25, 0.3) is 5.91 Å². The van der Waals surface area contributed by atoms with E-state index in [2.05, 4.69) is 11.4 Å². The highest BCUT2D eigenvalue weighted by molar-refractivity contribution is 7.09. The van der Waals surface area contributed by atoms with E-state index >= 15 is 0 Å². The minimum atomic E-state index is -0.158. The fraction of sp³-hybridized carbons (Fsp3) is 0.250. The molecule has 84 valence electrons. The van der Waals surface area contributed by atoms with Crippen LogP contribution < -0.4 is 5.32 Å². The summed E-state index contributed by atoms with van der Waals surface area (Å²) in [5, 5.41) is 4.93. The summed E-state index contributed by atoms with van der Waals surface area (Å²) in [6.45, 7) is 1.99. The number of nitrogens with one attached hydrogen (secondary N) is 1. The average Bonchev–Trinajstić information content (AvgIpc) is 2.88. The largest absolute Gasteiger partial charge is 0.459 e. The third-order valence-electron chi connectivity index (χ3n) is 2.21. The van der Waals surface area contributed by atoms with Crippen LogP contribution in [0.15, 0.2) is 40.3 Å². The summed E-state index contributed by atoms with van der Waals surface area (Å²) < 4.78 is 5.02. The number of hydrogen-bond acceptors (Lipinski definition) is 3. The predicted molar refractivity (Wildman–Crippen MR) is 63.7 cm³/mol. The number of thiophene rings is 1. The van der Waals surface area contributed by atoms with Crippen LogP contribution in [0.3, 0.4) is 0 Å². The molecule has 0 fully saturated rings. The second-order valence-electron chi connectivity index (χ2n) is 3.64. The molecule has 4 heteroatoms. The Balaban J connectivity index is 1.88. The first kappa shape index (κ1) is 11.0. The van der Waals surface area contributed by atoms with Crippen LogP contribution in [0.5, 0.6) is 0 Å². The van der Waals surface area contributed by atoms with E-state index in [1.807, 2.05) is 18.4 Å². The molecule has 0 aliphatic rings. The third-order valence-corrected chi connectivity index (χ3v) is 3.11. The van der Waals surface area contributed by atoms with Gasteiger partial charge in [0.2, 0.25) is 0 Å². The maximum absolute atomic E-state index is 11.6. The van der Waals surface area contributed by atoms with Crippen molar-refractivity contribution in [2.45, 2.75) is 19.4 Å². The fourth-order valence-corrected chi connectivity index (χ4v) is 2.32. The van der Waals surface area contributed by atoms with Gasteiger partial charge in [0.05, 0.1) is 6.26 Å². The summed E-state index contributed by atoms with van der Waals surface area (Å²) in [7, 11) is 0. The molecule has 0 bridgehead atoms. The third kappa shape index (κ3) is 2.73. The van der Waals surface area contributed by atoms with Crippen LogP contribution in [0.2, 0.25) is 0 Å². The summed E-state index contributed by atoms with van der Waals surface area (Å²) in [6, 6.07) is 7.56. The van der Waals surface area contributed by atoms with Gasteiger partial charge in [-0.3, -0.25) is 4.79 Å². The molecule has 0 spiro atoms. The average molecular weight is 235 g/mol. The smallest absolute Gasteiger partial charge is 0.287 e. The topological polar surface area (TPSA) is 42.2 Å². The summed E-state index contributed by atoms with van der Waals surface area (Å²) in [5.41, 5.74) is 0. The molecule has 1 atom stereocenters. The zero-order valence-electron chi connectivity index (χ0n) is 8.97. The standard InChI is InChI=1S/C12H13NO2S/c1-9(8-10-4-3-7-16-10)13-12(14)11-5-2-6-15-11/h2-7,9H,8H2,1H3,(H,13,14). The summed E-state index contributed by atoms with van der Waals surface area (Å²) >= 11 is 1.70. The zero-order valence-corrected chi connectivity index (χ0v) is 9.79. The van der Waals surface area contributed by atoms with Crippen molar-refractivity contribution < 1.29 is 9.21 Å². The SMILES string of the molecule is CC(Cc1cccs1)NC(=O)c1ccco1. The number of amides is 1. The van der Waals surface area contributed by atoms with E-state index in [-0.39, 0.29) is 11.9 Å². The van der Waals surface area contributed by atoms with E-state index in [1.54, 1.807) is 23.5 Å². The Hall–Kier alpha value is -1.55. The predicted octanol–water partition coefficient (Wildman–Crippen LogP) is 2.70. The van der Waals surface area contributed by atoms with Gasteiger partial charge >= 0.3 is 0 Å². The van der Waals surface area contributed by atoms with Gasteiger partial charge in [-0.2, -0.15) is 0 Å². The van der Waals surface area contributed by atoms with Crippen molar-refractivity contribution in [2.75, 3.05) is 0 Å². The Morgan fingerprint density at radius 3 is 3.00 bits per heavy atom. The maximum Gasteiger partial charge on any atom is 0.287 e. The molecular weight excluding hydrogens is 222 g/mol. The monoisotopic (exact) mass is 235 g/mol. The molecule has 0 saturated carbocycles. The molecule has 0 aliphatic heterocycles. The van der Waals surface area contributed by atoms with Crippen LogP contribution in [-0.4, -0.2) is 11.9 Å². The lowest BCUT2D eigenvalue weighted by atomic mass is 10.2. The van der Waals surface area contributed by atoms with Gasteiger partial charge < -0.3 is 9.73 Å². The number of carbonyl (C=O) groups excluding carboxylic acids is 1. The molecule has 0 aromatic carbocycles. The van der Waals surface area contributed by atoms with Crippen molar-refractivity contribution in [2.24, 2.45) is 0 Å². The van der Waals surface area contributed by atoms with Gasteiger partial charge in [0.15, 0.2) is 5.76 Å². The number of carbonyl (C=O) groups is 1. The van der Waals surface area contributed by atoms with E-state index < -0.39 is 0 Å². The quantitative estimate of drug-likeness (QED) is 0.885. The molecular formula is C12H13NO2S. The van der Waals surface area contributed by atoms with Gasteiger partial charge in [0.1, 0.15) is 0 Å². The van der Waals surface area contributed by atoms with Crippen molar-refractivity contribution >= 4 is 17.2 Å². The van der Waals surface area contributed by atoms with Crippen LogP contribution in [-0.2, 0) is 6.42 Å². The molecule has 1 amide bonds. The molecule has 0 radical (unpaired) electrons. The molecule has 1 N–H and O–H groups in total. The van der Waals surface area contributed by atoms with Crippen LogP contribution >= 0.6 is 11.3 Å².